The van der Waals surface area contributed by atoms with Crippen LogP contribution >= 0.6 is 0 Å². The molecule has 35 heavy (non-hydrogen) atoms. The zero-order valence-electron chi connectivity index (χ0n) is 20.5. The first kappa shape index (κ1) is 23.0. The predicted octanol–water partition coefficient (Wildman–Crippen LogP) is 4.77. The third-order valence-corrected chi connectivity index (χ3v) is 6.99. The van der Waals surface area contributed by atoms with E-state index in [1.54, 1.807) is 12.1 Å². The molecule has 0 aliphatic carbocycles. The smallest absolute Gasteiger partial charge is 0.223 e. The Morgan fingerprint density at radius 1 is 0.914 bits per heavy atom. The van der Waals surface area contributed by atoms with Gasteiger partial charge in [-0.3, -0.25) is 4.79 Å². The Hall–Kier alpha value is -3.74. The normalized spacial score (nSPS) is 14.1. The van der Waals surface area contributed by atoms with Gasteiger partial charge in [-0.25, -0.2) is 14.1 Å². The van der Waals surface area contributed by atoms with Gasteiger partial charge >= 0.3 is 0 Å². The minimum Gasteiger partial charge on any atom is -0.366 e. The lowest BCUT2D eigenvalue weighted by Gasteiger charge is -2.36. The zero-order valence-corrected chi connectivity index (χ0v) is 20.5. The lowest BCUT2D eigenvalue weighted by atomic mass is 9.99. The maximum absolute atomic E-state index is 14.1. The number of hydrogen-bond donors (Lipinski definition) is 0. The van der Waals surface area contributed by atoms with Crippen molar-refractivity contribution in [3.63, 3.8) is 0 Å². The minimum absolute atomic E-state index is 0.133. The molecule has 7 heteroatoms. The van der Waals surface area contributed by atoms with Gasteiger partial charge in [0.25, 0.3) is 0 Å². The number of amides is 1. The van der Waals surface area contributed by atoms with Gasteiger partial charge in [-0.15, -0.1) is 0 Å². The second kappa shape index (κ2) is 9.49. The fourth-order valence-corrected chi connectivity index (χ4v) is 5.12. The van der Waals surface area contributed by atoms with Crippen LogP contribution in [0, 0.1) is 26.6 Å². The summed E-state index contributed by atoms with van der Waals surface area (Å²) in [5.74, 6) is -0.0826. The molecule has 0 spiro atoms. The first-order chi connectivity index (χ1) is 16.9. The molecule has 1 saturated heterocycles. The molecule has 3 heterocycles. The van der Waals surface area contributed by atoms with Crippen molar-refractivity contribution in [1.82, 2.24) is 19.7 Å². The number of pyridine rings is 1. The average Bonchev–Trinajstić information content (AvgIpc) is 3.20. The number of carbonyl (C=O) groups is 1. The molecule has 0 N–H and O–H groups in total. The van der Waals surface area contributed by atoms with Gasteiger partial charge in [0.1, 0.15) is 5.82 Å². The number of halogens is 1. The van der Waals surface area contributed by atoms with Crippen LogP contribution in [0.3, 0.4) is 0 Å². The van der Waals surface area contributed by atoms with Gasteiger partial charge in [0.15, 0.2) is 5.65 Å². The molecule has 1 aliphatic rings. The highest BCUT2D eigenvalue weighted by atomic mass is 19.1. The second-order valence-electron chi connectivity index (χ2n) is 9.15. The highest BCUT2D eigenvalue weighted by Gasteiger charge is 2.24. The molecule has 0 saturated carbocycles. The summed E-state index contributed by atoms with van der Waals surface area (Å²) in [6.45, 7) is 8.60. The summed E-state index contributed by atoms with van der Waals surface area (Å²) in [6, 6.07) is 16.8. The maximum Gasteiger partial charge on any atom is 0.223 e. The van der Waals surface area contributed by atoms with Crippen LogP contribution in [0.2, 0.25) is 0 Å². The number of hydrogen-bond acceptors (Lipinski definition) is 4. The zero-order chi connectivity index (χ0) is 24.5. The van der Waals surface area contributed by atoms with Crippen molar-refractivity contribution in [2.24, 2.45) is 0 Å². The molecule has 180 valence electrons. The van der Waals surface area contributed by atoms with E-state index >= 15 is 0 Å². The van der Waals surface area contributed by atoms with Gasteiger partial charge in [-0.05, 0) is 62.6 Å². The molecule has 4 aromatic rings. The standard InChI is InChI=1S/C28H30FN5O/c1-19-23(20(2)30-28-27(19)21(3)31-34(28)22-9-5-4-6-10-22)13-14-26(35)33-17-15-32(16-18-33)25-12-8-7-11-24(25)29/h4-12H,13-18H2,1-3H3. The summed E-state index contributed by atoms with van der Waals surface area (Å²) in [4.78, 5) is 21.8. The number of anilines is 1. The molecule has 0 unspecified atom stereocenters. The van der Waals surface area contributed by atoms with E-state index in [4.69, 9.17) is 10.1 Å². The highest BCUT2D eigenvalue weighted by Crippen LogP contribution is 2.28. The summed E-state index contributed by atoms with van der Waals surface area (Å²) in [6.07, 6.45) is 1.07. The van der Waals surface area contributed by atoms with Gasteiger partial charge in [0.2, 0.25) is 5.91 Å². The topological polar surface area (TPSA) is 54.3 Å². The fourth-order valence-electron chi connectivity index (χ4n) is 5.12. The average molecular weight is 472 g/mol. The van der Waals surface area contributed by atoms with Gasteiger partial charge in [0.05, 0.1) is 17.1 Å². The number of para-hydroxylation sites is 2. The van der Waals surface area contributed by atoms with Crippen LogP contribution in [-0.4, -0.2) is 51.8 Å². The van der Waals surface area contributed by atoms with Crippen LogP contribution in [0.15, 0.2) is 54.6 Å². The van der Waals surface area contributed by atoms with E-state index < -0.39 is 0 Å². The molecule has 1 amide bonds. The Labute approximate surface area is 205 Å². The summed E-state index contributed by atoms with van der Waals surface area (Å²) in [5, 5.41) is 5.81. The number of aromatic nitrogens is 3. The quantitative estimate of drug-likeness (QED) is 0.421. The Morgan fingerprint density at radius 2 is 1.60 bits per heavy atom. The van der Waals surface area contributed by atoms with E-state index in [-0.39, 0.29) is 11.7 Å². The van der Waals surface area contributed by atoms with Crippen LogP contribution in [0.4, 0.5) is 10.1 Å². The van der Waals surface area contributed by atoms with Crippen molar-refractivity contribution in [1.29, 1.82) is 0 Å². The number of rotatable bonds is 5. The van der Waals surface area contributed by atoms with Crippen LogP contribution in [0.1, 0.15) is 28.9 Å². The molecular weight excluding hydrogens is 441 g/mol. The van der Waals surface area contributed by atoms with Crippen LogP contribution < -0.4 is 4.90 Å². The number of nitrogens with zero attached hydrogens (tertiary/aromatic N) is 5. The summed E-state index contributed by atoms with van der Waals surface area (Å²) >= 11 is 0. The third kappa shape index (κ3) is 4.38. The number of benzene rings is 2. The molecule has 1 fully saturated rings. The Kier molecular flexibility index (Phi) is 6.24. The Morgan fingerprint density at radius 3 is 2.31 bits per heavy atom. The van der Waals surface area contributed by atoms with E-state index in [1.165, 1.54) is 6.07 Å². The van der Waals surface area contributed by atoms with Crippen molar-refractivity contribution in [2.45, 2.75) is 33.6 Å². The largest absolute Gasteiger partial charge is 0.366 e. The highest BCUT2D eigenvalue weighted by molar-refractivity contribution is 5.85. The van der Waals surface area contributed by atoms with Gasteiger partial charge in [-0.2, -0.15) is 5.10 Å². The number of fused-ring (bicyclic) bond motifs is 1. The molecule has 0 bridgehead atoms. The molecule has 1 aliphatic heterocycles. The second-order valence-corrected chi connectivity index (χ2v) is 9.15. The van der Waals surface area contributed by atoms with Gasteiger partial charge in [0, 0.05) is 43.7 Å². The van der Waals surface area contributed by atoms with Crippen LogP contribution in [0.25, 0.3) is 16.7 Å². The van der Waals surface area contributed by atoms with Crippen LogP contribution in [0.5, 0.6) is 0 Å². The summed E-state index contributed by atoms with van der Waals surface area (Å²) < 4.78 is 16.0. The molecule has 0 radical (unpaired) electrons. The summed E-state index contributed by atoms with van der Waals surface area (Å²) in [7, 11) is 0. The Bertz CT molecular complexity index is 1370. The molecular formula is C28H30FN5O. The fraction of sp³-hybridized carbons (Fsp3) is 0.321. The number of carbonyl (C=O) groups excluding carboxylic acids is 1. The number of piperazine rings is 1. The van der Waals surface area contributed by atoms with Gasteiger partial charge in [-0.1, -0.05) is 30.3 Å². The molecule has 5 rings (SSSR count). The van der Waals surface area contributed by atoms with Crippen molar-refractivity contribution < 1.29 is 9.18 Å². The monoisotopic (exact) mass is 471 g/mol. The third-order valence-electron chi connectivity index (χ3n) is 6.99. The lowest BCUT2D eigenvalue weighted by molar-refractivity contribution is -0.131. The first-order valence-electron chi connectivity index (χ1n) is 12.1. The predicted molar refractivity (Wildman–Crippen MR) is 137 cm³/mol. The molecule has 6 nitrogen and oxygen atoms in total. The van der Waals surface area contributed by atoms with E-state index in [0.717, 1.165) is 39.2 Å². The van der Waals surface area contributed by atoms with Crippen molar-refractivity contribution >= 4 is 22.6 Å². The minimum atomic E-state index is -0.216. The number of aryl methyl sites for hydroxylation is 3. The van der Waals surface area contributed by atoms with Gasteiger partial charge < -0.3 is 9.80 Å². The first-order valence-corrected chi connectivity index (χ1v) is 12.1. The maximum atomic E-state index is 14.1. The van der Waals surface area contributed by atoms with Crippen molar-refractivity contribution in [3.05, 3.63) is 82.9 Å². The molecule has 2 aromatic heterocycles. The lowest BCUT2D eigenvalue weighted by Crippen LogP contribution is -2.49. The SMILES string of the molecule is Cc1nc2c(c(C)nn2-c2ccccc2)c(C)c1CCC(=O)N1CCN(c2ccccc2F)CC1. The Balaban J connectivity index is 1.29. The van der Waals surface area contributed by atoms with Crippen LogP contribution in [-0.2, 0) is 11.2 Å². The summed E-state index contributed by atoms with van der Waals surface area (Å²) in [5.41, 5.74) is 6.57. The van der Waals surface area contributed by atoms with E-state index in [2.05, 4.69) is 6.92 Å². The molecule has 0 atom stereocenters. The van der Waals surface area contributed by atoms with E-state index in [0.29, 0.717) is 44.7 Å². The van der Waals surface area contributed by atoms with E-state index in [1.807, 2.05) is 64.7 Å². The van der Waals surface area contributed by atoms with Crippen molar-refractivity contribution in [2.75, 3.05) is 31.1 Å². The van der Waals surface area contributed by atoms with Crippen molar-refractivity contribution in [3.8, 4) is 5.69 Å². The molecule has 2 aromatic carbocycles. The van der Waals surface area contributed by atoms with E-state index in [9.17, 15) is 9.18 Å².